The van der Waals surface area contributed by atoms with Gasteiger partial charge in [0.15, 0.2) is 0 Å². The van der Waals surface area contributed by atoms with Gasteiger partial charge >= 0.3 is 12.2 Å². The van der Waals surface area contributed by atoms with E-state index in [4.69, 9.17) is 18.9 Å². The normalized spacial score (nSPS) is 24.6. The topological polar surface area (TPSA) is 77.5 Å². The van der Waals surface area contributed by atoms with Crippen LogP contribution in [0.1, 0.15) is 59.1 Å². The summed E-state index contributed by atoms with van der Waals surface area (Å²) >= 11 is 0. The summed E-state index contributed by atoms with van der Waals surface area (Å²) in [6.07, 6.45) is -0.373. The van der Waals surface area contributed by atoms with E-state index >= 15 is 0 Å². The first-order chi connectivity index (χ1) is 20.0. The van der Waals surface area contributed by atoms with Crippen molar-refractivity contribution >= 4 is 20.3 Å². The third kappa shape index (κ3) is 8.40. The van der Waals surface area contributed by atoms with Crippen LogP contribution in [-0.4, -0.2) is 77.9 Å². The highest BCUT2D eigenvalue weighted by molar-refractivity contribution is 6.77. The van der Waals surface area contributed by atoms with Gasteiger partial charge in [-0.3, -0.25) is 9.80 Å². The van der Waals surface area contributed by atoms with Gasteiger partial charge in [-0.15, -0.1) is 0 Å². The third-order valence-electron chi connectivity index (χ3n) is 8.34. The number of rotatable bonds is 8. The Morgan fingerprint density at radius 3 is 2.12 bits per heavy atom. The smallest absolute Gasteiger partial charge is 0.412 e. The van der Waals surface area contributed by atoms with E-state index in [1.165, 1.54) is 0 Å². The Balaban J connectivity index is 1.66. The van der Waals surface area contributed by atoms with E-state index in [9.17, 15) is 9.59 Å². The summed E-state index contributed by atoms with van der Waals surface area (Å²) < 4.78 is 25.1. The van der Waals surface area contributed by atoms with Crippen molar-refractivity contribution in [1.82, 2.24) is 9.80 Å². The number of likely N-dealkylation sites (tertiary alicyclic amines) is 1. The van der Waals surface area contributed by atoms with Gasteiger partial charge in [0.2, 0.25) is 0 Å². The van der Waals surface area contributed by atoms with E-state index in [0.29, 0.717) is 26.0 Å². The number of ether oxygens (including phenoxy) is 4. The van der Waals surface area contributed by atoms with Crippen LogP contribution in [0, 0.1) is 0 Å². The minimum Gasteiger partial charge on any atom is -0.450 e. The average Bonchev–Trinajstić information content (AvgIpc) is 3.45. The zero-order valence-electron chi connectivity index (χ0n) is 27.3. The standard InChI is InChI=1S/C34H50N2O6Si/c1-24(43(7,8)9)40-32(38)36-29(20-25-16-12-10-13-17-25)30(41-34(36,5)6)28-21-27(39-23-26-18-14-11-15-19-26)22-35(28)31(37)42-33(2,3)4/h10-19,24,27-30H,20-23H2,1-9H3/t24?,27-,28-,29?,30?/m1/s1. The van der Waals surface area contributed by atoms with Crippen LogP contribution in [0.4, 0.5) is 9.59 Å². The van der Waals surface area contributed by atoms with Gasteiger partial charge < -0.3 is 18.9 Å². The Labute approximate surface area is 258 Å². The van der Waals surface area contributed by atoms with Crippen LogP contribution in [0.5, 0.6) is 0 Å². The fourth-order valence-electron chi connectivity index (χ4n) is 5.73. The third-order valence-corrected chi connectivity index (χ3v) is 10.9. The maximum absolute atomic E-state index is 13.9. The molecule has 0 aromatic heterocycles. The van der Waals surface area contributed by atoms with Crippen LogP contribution < -0.4 is 0 Å². The molecule has 2 aromatic carbocycles. The molecule has 2 saturated heterocycles. The lowest BCUT2D eigenvalue weighted by molar-refractivity contribution is -0.0869. The maximum Gasteiger partial charge on any atom is 0.412 e. The molecule has 236 valence electrons. The lowest BCUT2D eigenvalue weighted by Gasteiger charge is -2.36. The SMILES string of the molecule is CC(OC(=O)N1C(Cc2ccccc2)C([C@H]2C[C@@H](OCc3ccccc3)CN2C(=O)OC(C)(C)C)OC1(C)C)[Si](C)(C)C. The van der Waals surface area contributed by atoms with Gasteiger partial charge in [-0.25, -0.2) is 9.59 Å². The van der Waals surface area contributed by atoms with Crippen LogP contribution in [-0.2, 0) is 32.0 Å². The molecule has 2 aliphatic rings. The molecule has 2 fully saturated rings. The molecule has 2 aromatic rings. The van der Waals surface area contributed by atoms with Gasteiger partial charge in [-0.2, -0.15) is 0 Å². The quantitative estimate of drug-likeness (QED) is 0.299. The molecule has 3 unspecified atom stereocenters. The van der Waals surface area contributed by atoms with E-state index < -0.39 is 31.6 Å². The summed E-state index contributed by atoms with van der Waals surface area (Å²) in [4.78, 5) is 31.1. The molecule has 4 rings (SSSR count). The molecule has 0 spiro atoms. The molecule has 0 bridgehead atoms. The van der Waals surface area contributed by atoms with Gasteiger partial charge in [0.1, 0.15) is 17.4 Å². The van der Waals surface area contributed by atoms with E-state index in [1.54, 1.807) is 9.80 Å². The Morgan fingerprint density at radius 2 is 1.56 bits per heavy atom. The highest BCUT2D eigenvalue weighted by Crippen LogP contribution is 2.41. The molecule has 0 N–H and O–H groups in total. The number of carbonyl (C=O) groups is 2. The van der Waals surface area contributed by atoms with Crippen molar-refractivity contribution < 1.29 is 28.5 Å². The van der Waals surface area contributed by atoms with Crippen molar-refractivity contribution in [2.24, 2.45) is 0 Å². The predicted octanol–water partition coefficient (Wildman–Crippen LogP) is 7.03. The Hall–Kier alpha value is -2.88. The highest BCUT2D eigenvalue weighted by atomic mass is 28.3. The molecule has 43 heavy (non-hydrogen) atoms. The minimum absolute atomic E-state index is 0.173. The molecule has 0 radical (unpaired) electrons. The maximum atomic E-state index is 13.9. The number of amides is 2. The number of nitrogens with zero attached hydrogens (tertiary/aromatic N) is 2. The second-order valence-electron chi connectivity index (χ2n) is 14.4. The highest BCUT2D eigenvalue weighted by Gasteiger charge is 2.57. The van der Waals surface area contributed by atoms with Crippen LogP contribution in [0.2, 0.25) is 19.6 Å². The van der Waals surface area contributed by atoms with Crippen molar-refractivity contribution in [2.75, 3.05) is 6.54 Å². The largest absolute Gasteiger partial charge is 0.450 e. The summed E-state index contributed by atoms with van der Waals surface area (Å²) in [7, 11) is -1.75. The first-order valence-electron chi connectivity index (χ1n) is 15.4. The molecule has 2 aliphatic heterocycles. The second kappa shape index (κ2) is 13.0. The lowest BCUT2D eigenvalue weighted by atomic mass is 9.94. The monoisotopic (exact) mass is 610 g/mol. The summed E-state index contributed by atoms with van der Waals surface area (Å²) in [6.45, 7) is 18.8. The second-order valence-corrected chi connectivity index (χ2v) is 19.9. The van der Waals surface area contributed by atoms with E-state index in [1.807, 2.05) is 90.1 Å². The van der Waals surface area contributed by atoms with E-state index in [-0.39, 0.29) is 30.0 Å². The molecular weight excluding hydrogens is 560 g/mol. The Bertz CT molecular complexity index is 1230. The van der Waals surface area contributed by atoms with Gasteiger partial charge in [-0.1, -0.05) is 80.3 Å². The zero-order chi connectivity index (χ0) is 31.6. The number of carbonyl (C=O) groups excluding carboxylic acids is 2. The van der Waals surface area contributed by atoms with Crippen LogP contribution in [0.15, 0.2) is 60.7 Å². The van der Waals surface area contributed by atoms with Crippen LogP contribution in [0.3, 0.4) is 0 Å². The number of hydrogen-bond donors (Lipinski definition) is 0. The molecular formula is C34H50N2O6Si. The zero-order valence-corrected chi connectivity index (χ0v) is 28.3. The van der Waals surface area contributed by atoms with Gasteiger partial charge in [0.05, 0.1) is 45.1 Å². The summed E-state index contributed by atoms with van der Waals surface area (Å²) in [6, 6.07) is 19.4. The average molecular weight is 611 g/mol. The lowest BCUT2D eigenvalue weighted by Crippen LogP contribution is -2.54. The first kappa shape index (κ1) is 33.0. The minimum atomic E-state index is -1.75. The van der Waals surface area contributed by atoms with Crippen LogP contribution in [0.25, 0.3) is 0 Å². The van der Waals surface area contributed by atoms with Crippen molar-refractivity contribution in [3.05, 3.63) is 71.8 Å². The summed E-state index contributed by atoms with van der Waals surface area (Å²) in [5.41, 5.74) is 0.358. The molecule has 2 amide bonds. The van der Waals surface area contributed by atoms with Gasteiger partial charge in [-0.05, 0) is 65.5 Å². The Morgan fingerprint density at radius 1 is 0.977 bits per heavy atom. The number of hydrogen-bond acceptors (Lipinski definition) is 6. The van der Waals surface area contributed by atoms with Crippen molar-refractivity contribution in [3.63, 3.8) is 0 Å². The number of benzene rings is 2. The fraction of sp³-hybridized carbons (Fsp3) is 0.588. The van der Waals surface area contributed by atoms with E-state index in [2.05, 4.69) is 31.8 Å². The molecule has 5 atom stereocenters. The van der Waals surface area contributed by atoms with E-state index in [0.717, 1.165) is 11.1 Å². The predicted molar refractivity (Wildman–Crippen MR) is 170 cm³/mol. The fourth-order valence-corrected chi connectivity index (χ4v) is 6.18. The summed E-state index contributed by atoms with van der Waals surface area (Å²) in [5.74, 6) is 0. The summed E-state index contributed by atoms with van der Waals surface area (Å²) in [5, 5.41) is 0. The van der Waals surface area contributed by atoms with Crippen molar-refractivity contribution in [2.45, 2.75) is 122 Å². The van der Waals surface area contributed by atoms with Crippen molar-refractivity contribution in [1.29, 1.82) is 0 Å². The van der Waals surface area contributed by atoms with Gasteiger partial charge in [0, 0.05) is 0 Å². The molecule has 8 nitrogen and oxygen atoms in total. The molecule has 2 heterocycles. The first-order valence-corrected chi connectivity index (χ1v) is 19.0. The Kier molecular flexibility index (Phi) is 9.98. The molecule has 0 saturated carbocycles. The van der Waals surface area contributed by atoms with Crippen LogP contribution >= 0.6 is 0 Å². The van der Waals surface area contributed by atoms with Gasteiger partial charge in [0.25, 0.3) is 0 Å². The van der Waals surface area contributed by atoms with Crippen molar-refractivity contribution in [3.8, 4) is 0 Å². The molecule has 0 aliphatic carbocycles. The molecule has 9 heteroatoms.